The lowest BCUT2D eigenvalue weighted by Crippen LogP contribution is -2.25. The number of hydrogen-bond acceptors (Lipinski definition) is 4. The third-order valence-electron chi connectivity index (χ3n) is 3.38. The maximum Gasteiger partial charge on any atom is 0.407 e. The van der Waals surface area contributed by atoms with Gasteiger partial charge in [0.25, 0.3) is 0 Å². The summed E-state index contributed by atoms with van der Waals surface area (Å²) in [6, 6.07) is 15.8. The predicted molar refractivity (Wildman–Crippen MR) is 90.8 cm³/mol. The molecule has 0 aromatic heterocycles. The van der Waals surface area contributed by atoms with Gasteiger partial charge in [-0.1, -0.05) is 42.5 Å². The first kappa shape index (κ1) is 18.0. The number of nitrogens with one attached hydrogen (secondary N) is 1. The SMILES string of the molecule is NS(=O)(=O)c1ccc(CCCNC(=O)OCc2ccccc2)cc1. The van der Waals surface area contributed by atoms with Crippen LogP contribution in [0.1, 0.15) is 17.5 Å². The number of carbonyl (C=O) groups is 1. The average molecular weight is 348 g/mol. The monoisotopic (exact) mass is 348 g/mol. The van der Waals surface area contributed by atoms with Crippen molar-refractivity contribution in [2.45, 2.75) is 24.3 Å². The van der Waals surface area contributed by atoms with Crippen LogP contribution in [0.25, 0.3) is 0 Å². The van der Waals surface area contributed by atoms with E-state index in [1.54, 1.807) is 12.1 Å². The topological polar surface area (TPSA) is 98.5 Å². The smallest absolute Gasteiger partial charge is 0.407 e. The van der Waals surface area contributed by atoms with Crippen molar-refractivity contribution >= 4 is 16.1 Å². The normalized spacial score (nSPS) is 11.0. The molecule has 2 aromatic carbocycles. The van der Waals surface area contributed by atoms with E-state index in [0.29, 0.717) is 13.0 Å². The highest BCUT2D eigenvalue weighted by Crippen LogP contribution is 2.10. The lowest BCUT2D eigenvalue weighted by Gasteiger charge is -2.07. The molecule has 3 N–H and O–H groups in total. The Kier molecular flexibility index (Phi) is 6.34. The molecular formula is C17H20N2O4S. The molecule has 2 aromatic rings. The summed E-state index contributed by atoms with van der Waals surface area (Å²) >= 11 is 0. The van der Waals surface area contributed by atoms with Gasteiger partial charge in [-0.05, 0) is 36.1 Å². The van der Waals surface area contributed by atoms with Crippen molar-refractivity contribution in [1.82, 2.24) is 5.32 Å². The Bertz CT molecular complexity index is 759. The number of rotatable bonds is 7. The maximum absolute atomic E-state index is 11.6. The maximum atomic E-state index is 11.6. The van der Waals surface area contributed by atoms with Crippen LogP contribution in [0.3, 0.4) is 0 Å². The highest BCUT2D eigenvalue weighted by atomic mass is 32.2. The van der Waals surface area contributed by atoms with Crippen LogP contribution in [0.15, 0.2) is 59.5 Å². The molecule has 0 fully saturated rings. The summed E-state index contributed by atoms with van der Waals surface area (Å²) in [7, 11) is -3.66. The van der Waals surface area contributed by atoms with E-state index in [0.717, 1.165) is 17.5 Å². The van der Waals surface area contributed by atoms with E-state index >= 15 is 0 Å². The van der Waals surface area contributed by atoms with Gasteiger partial charge in [0.05, 0.1) is 4.90 Å². The molecule has 0 bridgehead atoms. The van der Waals surface area contributed by atoms with Gasteiger partial charge in [0.2, 0.25) is 10.0 Å². The minimum atomic E-state index is -3.66. The van der Waals surface area contributed by atoms with Crippen molar-refractivity contribution in [3.05, 3.63) is 65.7 Å². The third kappa shape index (κ3) is 6.02. The van der Waals surface area contributed by atoms with Crippen LogP contribution in [-0.4, -0.2) is 21.1 Å². The van der Waals surface area contributed by atoms with Gasteiger partial charge in [-0.2, -0.15) is 0 Å². The summed E-state index contributed by atoms with van der Waals surface area (Å²) < 4.78 is 27.4. The van der Waals surface area contributed by atoms with Crippen molar-refractivity contribution in [2.24, 2.45) is 5.14 Å². The van der Waals surface area contributed by atoms with E-state index in [1.165, 1.54) is 12.1 Å². The fourth-order valence-electron chi connectivity index (χ4n) is 2.10. The Balaban J connectivity index is 1.66. The highest BCUT2D eigenvalue weighted by Gasteiger charge is 2.07. The quantitative estimate of drug-likeness (QED) is 0.749. The Labute approximate surface area is 141 Å². The van der Waals surface area contributed by atoms with Gasteiger partial charge in [0, 0.05) is 6.54 Å². The molecule has 0 spiro atoms. The van der Waals surface area contributed by atoms with E-state index in [2.05, 4.69) is 5.32 Å². The minimum absolute atomic E-state index is 0.0915. The summed E-state index contributed by atoms with van der Waals surface area (Å²) in [5, 5.41) is 7.72. The zero-order chi connectivity index (χ0) is 17.4. The molecule has 2 rings (SSSR count). The van der Waals surface area contributed by atoms with Gasteiger partial charge in [0.15, 0.2) is 0 Å². The summed E-state index contributed by atoms with van der Waals surface area (Å²) in [6.07, 6.45) is 0.974. The van der Waals surface area contributed by atoms with E-state index in [9.17, 15) is 13.2 Å². The second-order valence-electron chi connectivity index (χ2n) is 5.28. The fraction of sp³-hybridized carbons (Fsp3) is 0.235. The number of nitrogens with two attached hydrogens (primary N) is 1. The molecule has 6 nitrogen and oxygen atoms in total. The number of sulfonamides is 1. The van der Waals surface area contributed by atoms with Gasteiger partial charge >= 0.3 is 6.09 Å². The second kappa shape index (κ2) is 8.47. The molecule has 0 aliphatic heterocycles. The van der Waals surface area contributed by atoms with E-state index in [-0.39, 0.29) is 11.5 Å². The number of hydrogen-bond donors (Lipinski definition) is 2. The number of ether oxygens (including phenoxy) is 1. The van der Waals surface area contributed by atoms with Gasteiger partial charge in [-0.15, -0.1) is 0 Å². The third-order valence-corrected chi connectivity index (χ3v) is 4.31. The second-order valence-corrected chi connectivity index (χ2v) is 6.84. The average Bonchev–Trinajstić information content (AvgIpc) is 2.57. The first-order valence-corrected chi connectivity index (χ1v) is 9.06. The number of aryl methyl sites for hydroxylation is 1. The number of primary sulfonamides is 1. The first-order chi connectivity index (χ1) is 11.4. The van der Waals surface area contributed by atoms with Crippen molar-refractivity contribution in [3.8, 4) is 0 Å². The van der Waals surface area contributed by atoms with Crippen LogP contribution in [0.5, 0.6) is 0 Å². The number of alkyl carbamates (subject to hydrolysis) is 1. The Morgan fingerprint density at radius 2 is 1.67 bits per heavy atom. The van der Waals surface area contributed by atoms with Crippen LogP contribution in [0.2, 0.25) is 0 Å². The van der Waals surface area contributed by atoms with Crippen molar-refractivity contribution < 1.29 is 17.9 Å². The number of carbonyl (C=O) groups excluding carboxylic acids is 1. The number of benzene rings is 2. The Hall–Kier alpha value is -2.38. The molecule has 0 aliphatic carbocycles. The van der Waals surface area contributed by atoms with Crippen LogP contribution < -0.4 is 10.5 Å². The van der Waals surface area contributed by atoms with E-state index < -0.39 is 16.1 Å². The van der Waals surface area contributed by atoms with E-state index in [1.807, 2.05) is 30.3 Å². The lowest BCUT2D eigenvalue weighted by atomic mass is 10.1. The Morgan fingerprint density at radius 1 is 1.00 bits per heavy atom. The van der Waals surface area contributed by atoms with Crippen molar-refractivity contribution in [2.75, 3.05) is 6.54 Å². The van der Waals surface area contributed by atoms with Gasteiger partial charge in [0.1, 0.15) is 6.61 Å². The van der Waals surface area contributed by atoms with Crippen LogP contribution >= 0.6 is 0 Å². The Morgan fingerprint density at radius 3 is 2.29 bits per heavy atom. The molecule has 0 saturated carbocycles. The van der Waals surface area contributed by atoms with E-state index in [4.69, 9.17) is 9.88 Å². The minimum Gasteiger partial charge on any atom is -0.445 e. The largest absolute Gasteiger partial charge is 0.445 e. The summed E-state index contributed by atoms with van der Waals surface area (Å²) in [5.74, 6) is 0. The van der Waals surface area contributed by atoms with Gasteiger partial charge < -0.3 is 10.1 Å². The molecule has 1 amide bonds. The highest BCUT2D eigenvalue weighted by molar-refractivity contribution is 7.89. The zero-order valence-corrected chi connectivity index (χ0v) is 14.0. The molecule has 0 heterocycles. The molecule has 0 aliphatic rings. The standard InChI is InChI=1S/C17H20N2O4S/c18-24(21,22)16-10-8-14(9-11-16)7-4-12-19-17(20)23-13-15-5-2-1-3-6-15/h1-3,5-6,8-11H,4,7,12-13H2,(H,19,20)(H2,18,21,22). The van der Waals surface area contributed by atoms with Gasteiger partial charge in [-0.3, -0.25) is 0 Å². The first-order valence-electron chi connectivity index (χ1n) is 7.51. The summed E-state index contributed by atoms with van der Waals surface area (Å²) in [6.45, 7) is 0.715. The number of amides is 1. The summed E-state index contributed by atoms with van der Waals surface area (Å²) in [5.41, 5.74) is 1.91. The molecule has 0 atom stereocenters. The molecule has 128 valence electrons. The molecule has 24 heavy (non-hydrogen) atoms. The van der Waals surface area contributed by atoms with Crippen LogP contribution in [0.4, 0.5) is 4.79 Å². The van der Waals surface area contributed by atoms with Crippen LogP contribution in [0, 0.1) is 0 Å². The van der Waals surface area contributed by atoms with Crippen LogP contribution in [-0.2, 0) is 27.8 Å². The zero-order valence-electron chi connectivity index (χ0n) is 13.1. The van der Waals surface area contributed by atoms with Gasteiger partial charge in [-0.25, -0.2) is 18.4 Å². The fourth-order valence-corrected chi connectivity index (χ4v) is 2.62. The molecular weight excluding hydrogens is 328 g/mol. The van der Waals surface area contributed by atoms with Crippen molar-refractivity contribution in [1.29, 1.82) is 0 Å². The summed E-state index contributed by atoms with van der Waals surface area (Å²) in [4.78, 5) is 11.7. The lowest BCUT2D eigenvalue weighted by molar-refractivity contribution is 0.139. The molecule has 0 unspecified atom stereocenters. The molecule has 7 heteroatoms. The predicted octanol–water partition coefficient (Wildman–Crippen LogP) is 2.19. The molecule has 0 saturated heterocycles. The van der Waals surface area contributed by atoms with Crippen molar-refractivity contribution in [3.63, 3.8) is 0 Å². The molecule has 0 radical (unpaired) electrons.